The summed E-state index contributed by atoms with van der Waals surface area (Å²) in [4.78, 5) is 47.3. The van der Waals surface area contributed by atoms with E-state index < -0.39 is 54.1 Å². The van der Waals surface area contributed by atoms with Crippen molar-refractivity contribution in [3.63, 3.8) is 0 Å². The molecule has 0 amide bonds. The Morgan fingerprint density at radius 2 is 1.97 bits per heavy atom. The van der Waals surface area contributed by atoms with Crippen molar-refractivity contribution >= 4 is 40.6 Å². The molecule has 1 aliphatic heterocycles. The van der Waals surface area contributed by atoms with E-state index in [4.69, 9.17) is 29.4 Å². The number of terminal acetylenes is 1. The molecule has 1 aliphatic rings. The first-order valence-corrected chi connectivity index (χ1v) is 12.6. The molecular weight excluding hydrogens is 518 g/mol. The number of nitrogens with zero attached hydrogens (tertiary/aromatic N) is 4. The number of aromatic nitrogens is 4. The van der Waals surface area contributed by atoms with Crippen LogP contribution in [-0.4, -0.2) is 68.6 Å². The summed E-state index contributed by atoms with van der Waals surface area (Å²) >= 11 is 0. The third-order valence-electron chi connectivity index (χ3n) is 3.86. The molecular formula is C12H15FN5O12P3. The minimum absolute atomic E-state index is 0.0661. The van der Waals surface area contributed by atoms with Crippen molar-refractivity contribution in [2.75, 3.05) is 12.3 Å². The fourth-order valence-corrected chi connectivity index (χ4v) is 5.50. The molecule has 182 valence electrons. The molecule has 0 bridgehead atoms. The molecule has 2 aromatic heterocycles. The average molecular weight is 535 g/mol. The lowest BCUT2D eigenvalue weighted by Gasteiger charge is -2.23. The zero-order valence-electron chi connectivity index (χ0n) is 17.6. The number of nitrogens with two attached hydrogens (primary N) is 1. The van der Waals surface area contributed by atoms with Gasteiger partial charge in [0.15, 0.2) is 11.9 Å². The maximum Gasteiger partial charge on any atom is 0.490 e. The zero-order valence-corrected chi connectivity index (χ0v) is 18.3. The van der Waals surface area contributed by atoms with Gasteiger partial charge in [-0.25, -0.2) is 28.1 Å². The lowest BCUT2D eigenvalue weighted by Crippen LogP contribution is -2.42. The molecule has 17 nitrogen and oxygen atoms in total. The molecule has 2 aromatic rings. The van der Waals surface area contributed by atoms with Crippen LogP contribution in [0.15, 0.2) is 12.5 Å². The largest absolute Gasteiger partial charge is 0.490 e. The molecule has 0 radical (unpaired) electrons. The number of halogens is 1. The van der Waals surface area contributed by atoms with E-state index in [1.807, 2.05) is 0 Å². The summed E-state index contributed by atoms with van der Waals surface area (Å²) in [7, 11) is -17.8. The SMILES string of the molecule is [2H]C([2H])(OP(=O)(O)OP(=O)(O)OP(=O)(O)O)[C@H]1O[C@@H](n2cnc3cnc(N)nc32)C(F)(C#C)[C@H]1O. The van der Waals surface area contributed by atoms with Crippen molar-refractivity contribution in [1.29, 1.82) is 0 Å². The van der Waals surface area contributed by atoms with Crippen LogP contribution in [0.3, 0.4) is 0 Å². The molecule has 3 rings (SSSR count). The van der Waals surface area contributed by atoms with E-state index in [1.54, 1.807) is 5.92 Å². The first kappa shape index (κ1) is 22.9. The number of fused-ring (bicyclic) bond motifs is 1. The zero-order chi connectivity index (χ0) is 26.6. The van der Waals surface area contributed by atoms with Gasteiger partial charge in [0.1, 0.15) is 17.7 Å². The van der Waals surface area contributed by atoms with E-state index in [9.17, 15) is 28.6 Å². The lowest BCUT2D eigenvalue weighted by atomic mass is 9.97. The van der Waals surface area contributed by atoms with E-state index in [1.165, 1.54) is 0 Å². The quantitative estimate of drug-likeness (QED) is 0.181. The molecule has 0 aromatic carbocycles. The number of alkyl halides is 1. The predicted molar refractivity (Wildman–Crippen MR) is 102 cm³/mol. The Labute approximate surface area is 185 Å². The van der Waals surface area contributed by atoms with Gasteiger partial charge >= 0.3 is 23.5 Å². The molecule has 0 aliphatic carbocycles. The Bertz CT molecular complexity index is 1330. The smallest absolute Gasteiger partial charge is 0.386 e. The molecule has 6 atom stereocenters. The Kier molecular flexibility index (Phi) is 6.08. The minimum Gasteiger partial charge on any atom is -0.386 e. The van der Waals surface area contributed by atoms with Crippen molar-refractivity contribution in [2.24, 2.45) is 0 Å². The normalized spacial score (nSPS) is 30.8. The monoisotopic (exact) mass is 535 g/mol. The van der Waals surface area contributed by atoms with Crippen LogP contribution >= 0.6 is 23.5 Å². The van der Waals surface area contributed by atoms with Crippen LogP contribution in [0.2, 0.25) is 0 Å². The van der Waals surface area contributed by atoms with Gasteiger partial charge in [-0.05, 0) is 0 Å². The van der Waals surface area contributed by atoms with Crippen LogP contribution < -0.4 is 5.73 Å². The summed E-state index contributed by atoms with van der Waals surface area (Å²) in [5, 5.41) is 10.4. The number of ether oxygens (including phenoxy) is 1. The van der Waals surface area contributed by atoms with Crippen LogP contribution in [0.4, 0.5) is 10.3 Å². The number of aliphatic hydroxyl groups is 1. The van der Waals surface area contributed by atoms with Gasteiger partial charge in [0.05, 0.1) is 21.8 Å². The van der Waals surface area contributed by atoms with Gasteiger partial charge in [0.25, 0.3) is 0 Å². The number of phosphoric ester groups is 1. The van der Waals surface area contributed by atoms with E-state index in [2.05, 4.69) is 28.1 Å². The van der Waals surface area contributed by atoms with Gasteiger partial charge < -0.3 is 35.2 Å². The maximum absolute atomic E-state index is 15.7. The average Bonchev–Trinajstić information content (AvgIpc) is 3.17. The highest BCUT2D eigenvalue weighted by atomic mass is 31.3. The van der Waals surface area contributed by atoms with Crippen LogP contribution in [0.25, 0.3) is 11.2 Å². The van der Waals surface area contributed by atoms with Gasteiger partial charge in [-0.3, -0.25) is 9.09 Å². The summed E-state index contributed by atoms with van der Waals surface area (Å²) < 4.78 is 82.6. The highest BCUT2D eigenvalue weighted by Gasteiger charge is 2.58. The van der Waals surface area contributed by atoms with E-state index in [0.29, 0.717) is 0 Å². The number of nitrogen functional groups attached to an aromatic ring is 1. The molecule has 0 spiro atoms. The van der Waals surface area contributed by atoms with Gasteiger partial charge in [0.2, 0.25) is 11.6 Å². The van der Waals surface area contributed by atoms with Gasteiger partial charge in [0, 0.05) is 0 Å². The summed E-state index contributed by atoms with van der Waals surface area (Å²) in [5.74, 6) is 1.32. The Morgan fingerprint density at radius 3 is 2.58 bits per heavy atom. The summed E-state index contributed by atoms with van der Waals surface area (Å²) in [6.07, 6.45) is 0.127. The van der Waals surface area contributed by atoms with E-state index in [-0.39, 0.29) is 17.1 Å². The third kappa shape index (κ3) is 5.64. The number of hydrogen-bond donors (Lipinski definition) is 6. The van der Waals surface area contributed by atoms with Gasteiger partial charge in [-0.2, -0.15) is 13.6 Å². The van der Waals surface area contributed by atoms with Crippen LogP contribution in [-0.2, 0) is 31.6 Å². The minimum atomic E-state index is -6.05. The molecule has 0 saturated carbocycles. The predicted octanol–water partition coefficient (Wildman–Crippen LogP) is -0.648. The van der Waals surface area contributed by atoms with Crippen molar-refractivity contribution in [3.8, 4) is 12.3 Å². The fourth-order valence-electron chi connectivity index (χ4n) is 2.62. The molecule has 33 heavy (non-hydrogen) atoms. The van der Waals surface area contributed by atoms with Crippen LogP contribution in [0, 0.1) is 12.3 Å². The third-order valence-corrected chi connectivity index (χ3v) is 7.52. The maximum atomic E-state index is 15.7. The van der Waals surface area contributed by atoms with Crippen LogP contribution in [0.1, 0.15) is 8.97 Å². The first-order chi connectivity index (χ1) is 15.8. The second-order valence-electron chi connectivity index (χ2n) is 6.16. The molecule has 7 N–H and O–H groups in total. The highest BCUT2D eigenvalue weighted by molar-refractivity contribution is 7.66. The molecule has 3 heterocycles. The number of rotatable bonds is 8. The summed E-state index contributed by atoms with van der Waals surface area (Å²) in [6.45, 7) is -3.70. The number of imidazole rings is 1. The van der Waals surface area contributed by atoms with E-state index >= 15 is 4.39 Å². The fraction of sp³-hybridized carbons (Fsp3) is 0.417. The first-order valence-electron chi connectivity index (χ1n) is 9.10. The molecule has 1 saturated heterocycles. The number of aliphatic hydroxyl groups excluding tert-OH is 1. The van der Waals surface area contributed by atoms with Crippen LogP contribution in [0.5, 0.6) is 0 Å². The summed E-state index contributed by atoms with van der Waals surface area (Å²) in [6, 6.07) is 0. The van der Waals surface area contributed by atoms with Gasteiger partial charge in [-0.15, -0.1) is 6.42 Å². The lowest BCUT2D eigenvalue weighted by molar-refractivity contribution is -0.0495. The number of hydrogen-bond acceptors (Lipinski definition) is 12. The topological polar surface area (TPSA) is 259 Å². The Balaban J connectivity index is 1.92. The second-order valence-corrected chi connectivity index (χ2v) is 10.5. The molecule has 1 fully saturated rings. The number of phosphoric acid groups is 3. The van der Waals surface area contributed by atoms with Gasteiger partial charge in [-0.1, -0.05) is 5.92 Å². The van der Waals surface area contributed by atoms with Crippen molar-refractivity contribution in [2.45, 2.75) is 24.1 Å². The molecule has 3 unspecified atom stereocenters. The standard InChI is InChI=1S/C12H15FN5O12P3/c1-2-12(13)8(19)7(4-27-32(23,24)30-33(25,26)29-31(20,21)22)28-10(12)18-5-16-6-3-15-11(14)17-9(6)18/h1,3,5,7-8,10,19H,4H2,(H,23,24)(H,25,26)(H2,14,15,17)(H2,20,21,22)/t7-,8+,10-,12?/m1/s1/i4D2. The van der Waals surface area contributed by atoms with Crippen molar-refractivity contribution in [1.82, 2.24) is 19.5 Å². The number of anilines is 1. The summed E-state index contributed by atoms with van der Waals surface area (Å²) in [5.41, 5.74) is 2.17. The van der Waals surface area contributed by atoms with Crippen molar-refractivity contribution < 1.29 is 63.4 Å². The molecule has 21 heteroatoms. The highest BCUT2D eigenvalue weighted by Crippen LogP contribution is 2.66. The second kappa shape index (κ2) is 8.75. The Hall–Kier alpha value is -1.83. The van der Waals surface area contributed by atoms with Crippen molar-refractivity contribution in [3.05, 3.63) is 12.5 Å². The Morgan fingerprint density at radius 1 is 1.30 bits per heavy atom. The van der Waals surface area contributed by atoms with E-state index in [0.717, 1.165) is 17.1 Å².